The summed E-state index contributed by atoms with van der Waals surface area (Å²) in [6.45, 7) is 3.07. The number of rotatable bonds is 4. The fourth-order valence-corrected chi connectivity index (χ4v) is 3.62. The Balaban J connectivity index is 1.44. The van der Waals surface area contributed by atoms with Crippen LogP contribution in [0.5, 0.6) is 5.75 Å². The molecule has 142 valence electrons. The molecule has 2 heterocycles. The van der Waals surface area contributed by atoms with E-state index in [0.717, 1.165) is 43.1 Å². The van der Waals surface area contributed by atoms with Crippen molar-refractivity contribution in [2.45, 2.75) is 19.3 Å². The van der Waals surface area contributed by atoms with Gasteiger partial charge < -0.3 is 19.7 Å². The van der Waals surface area contributed by atoms with Crippen LogP contribution < -0.4 is 15.0 Å². The molecule has 7 nitrogen and oxygen atoms in total. The largest absolute Gasteiger partial charge is 0.495 e. The van der Waals surface area contributed by atoms with Crippen LogP contribution in [0, 0.1) is 5.92 Å². The van der Waals surface area contributed by atoms with E-state index < -0.39 is 0 Å². The van der Waals surface area contributed by atoms with Gasteiger partial charge in [0.15, 0.2) is 0 Å². The van der Waals surface area contributed by atoms with Gasteiger partial charge in [0.25, 0.3) is 0 Å². The predicted molar refractivity (Wildman–Crippen MR) is 102 cm³/mol. The van der Waals surface area contributed by atoms with Crippen LogP contribution in [-0.4, -0.2) is 49.3 Å². The SMILES string of the molecule is COc1ccccc1NC(=O)[C@H]1CCc2nc(N3CCOCC3)ncc2C1. The second-order valence-electron chi connectivity index (χ2n) is 6.87. The number of morpholine rings is 1. The number of methoxy groups -OCH3 is 1. The van der Waals surface area contributed by atoms with Gasteiger partial charge in [0.2, 0.25) is 11.9 Å². The van der Waals surface area contributed by atoms with Crippen LogP contribution in [0.15, 0.2) is 30.5 Å². The molecule has 7 heteroatoms. The smallest absolute Gasteiger partial charge is 0.227 e. The van der Waals surface area contributed by atoms with Crippen molar-refractivity contribution in [2.24, 2.45) is 5.92 Å². The molecule has 1 aromatic carbocycles. The number of ether oxygens (including phenoxy) is 2. The van der Waals surface area contributed by atoms with E-state index in [1.165, 1.54) is 0 Å². The number of aromatic nitrogens is 2. The summed E-state index contributed by atoms with van der Waals surface area (Å²) >= 11 is 0. The van der Waals surface area contributed by atoms with E-state index in [2.05, 4.69) is 15.2 Å². The molecule has 2 aromatic rings. The molecule has 2 aliphatic rings. The van der Waals surface area contributed by atoms with Crippen LogP contribution in [0.2, 0.25) is 0 Å². The van der Waals surface area contributed by atoms with E-state index in [4.69, 9.17) is 14.5 Å². The number of benzene rings is 1. The van der Waals surface area contributed by atoms with E-state index in [1.807, 2.05) is 30.5 Å². The normalized spacial score (nSPS) is 19.3. The molecular weight excluding hydrogens is 344 g/mol. The van der Waals surface area contributed by atoms with E-state index in [1.54, 1.807) is 7.11 Å². The lowest BCUT2D eigenvalue weighted by Crippen LogP contribution is -2.38. The molecule has 1 atom stereocenters. The number of carbonyl (C=O) groups is 1. The van der Waals surface area contributed by atoms with Crippen molar-refractivity contribution < 1.29 is 14.3 Å². The molecule has 0 unspecified atom stereocenters. The monoisotopic (exact) mass is 368 g/mol. The maximum absolute atomic E-state index is 12.7. The lowest BCUT2D eigenvalue weighted by atomic mass is 9.86. The summed E-state index contributed by atoms with van der Waals surface area (Å²) in [6, 6.07) is 7.46. The summed E-state index contributed by atoms with van der Waals surface area (Å²) < 4.78 is 10.7. The highest BCUT2D eigenvalue weighted by Gasteiger charge is 2.27. The van der Waals surface area contributed by atoms with Crippen LogP contribution in [-0.2, 0) is 22.4 Å². The molecule has 1 amide bonds. The fraction of sp³-hybridized carbons (Fsp3) is 0.450. The first-order valence-corrected chi connectivity index (χ1v) is 9.36. The average molecular weight is 368 g/mol. The molecule has 0 radical (unpaired) electrons. The van der Waals surface area contributed by atoms with E-state index >= 15 is 0 Å². The Bertz CT molecular complexity index is 821. The zero-order chi connectivity index (χ0) is 18.6. The minimum absolute atomic E-state index is 0.0161. The van der Waals surface area contributed by atoms with Gasteiger partial charge in [-0.1, -0.05) is 12.1 Å². The third kappa shape index (κ3) is 3.88. The number of fused-ring (bicyclic) bond motifs is 1. The van der Waals surface area contributed by atoms with Gasteiger partial charge in [-0.05, 0) is 37.0 Å². The Morgan fingerprint density at radius 1 is 1.30 bits per heavy atom. The summed E-state index contributed by atoms with van der Waals surface area (Å²) in [4.78, 5) is 24.2. The molecule has 1 aliphatic carbocycles. The molecule has 27 heavy (non-hydrogen) atoms. The number of anilines is 2. The molecule has 1 aromatic heterocycles. The van der Waals surface area contributed by atoms with Gasteiger partial charge in [-0.3, -0.25) is 4.79 Å². The van der Waals surface area contributed by atoms with E-state index in [9.17, 15) is 4.79 Å². The third-order valence-corrected chi connectivity index (χ3v) is 5.17. The highest BCUT2D eigenvalue weighted by molar-refractivity contribution is 5.94. The van der Waals surface area contributed by atoms with Gasteiger partial charge >= 0.3 is 0 Å². The molecule has 1 fully saturated rings. The summed E-state index contributed by atoms with van der Waals surface area (Å²) in [5.74, 6) is 1.37. The van der Waals surface area contributed by atoms with Crippen molar-refractivity contribution in [2.75, 3.05) is 43.6 Å². The van der Waals surface area contributed by atoms with Crippen LogP contribution in [0.3, 0.4) is 0 Å². The lowest BCUT2D eigenvalue weighted by Gasteiger charge is -2.28. The summed E-state index contributed by atoms with van der Waals surface area (Å²) in [7, 11) is 1.60. The molecule has 4 rings (SSSR count). The zero-order valence-electron chi connectivity index (χ0n) is 15.5. The Hall–Kier alpha value is -2.67. The highest BCUT2D eigenvalue weighted by atomic mass is 16.5. The highest BCUT2D eigenvalue weighted by Crippen LogP contribution is 2.28. The number of carbonyl (C=O) groups excluding carboxylic acids is 1. The lowest BCUT2D eigenvalue weighted by molar-refractivity contribution is -0.120. The number of hydrogen-bond acceptors (Lipinski definition) is 6. The Morgan fingerprint density at radius 2 is 2.11 bits per heavy atom. The number of hydrogen-bond donors (Lipinski definition) is 1. The summed E-state index contributed by atoms with van der Waals surface area (Å²) in [5, 5.41) is 3.00. The molecule has 1 aliphatic heterocycles. The third-order valence-electron chi connectivity index (χ3n) is 5.17. The minimum atomic E-state index is -0.0831. The fourth-order valence-electron chi connectivity index (χ4n) is 3.62. The van der Waals surface area contributed by atoms with Gasteiger partial charge in [0.1, 0.15) is 5.75 Å². The Kier molecular flexibility index (Phi) is 5.20. The maximum Gasteiger partial charge on any atom is 0.227 e. The number of amides is 1. The first-order chi connectivity index (χ1) is 13.2. The first-order valence-electron chi connectivity index (χ1n) is 9.36. The first kappa shape index (κ1) is 17.7. The minimum Gasteiger partial charge on any atom is -0.495 e. The topological polar surface area (TPSA) is 76.6 Å². The molecule has 0 spiro atoms. The number of nitrogens with one attached hydrogen (secondary N) is 1. The predicted octanol–water partition coefficient (Wildman–Crippen LogP) is 2.07. The average Bonchev–Trinajstić information content (AvgIpc) is 2.74. The summed E-state index contributed by atoms with van der Waals surface area (Å²) in [6.07, 6.45) is 4.13. The maximum atomic E-state index is 12.7. The Morgan fingerprint density at radius 3 is 2.93 bits per heavy atom. The van der Waals surface area contributed by atoms with Crippen molar-refractivity contribution in [3.63, 3.8) is 0 Å². The van der Waals surface area contributed by atoms with E-state index in [-0.39, 0.29) is 11.8 Å². The van der Waals surface area contributed by atoms with Gasteiger partial charge in [-0.25, -0.2) is 9.97 Å². The van der Waals surface area contributed by atoms with Crippen LogP contribution >= 0.6 is 0 Å². The van der Waals surface area contributed by atoms with Crippen molar-refractivity contribution in [3.05, 3.63) is 41.7 Å². The number of aryl methyl sites for hydroxylation is 1. The quantitative estimate of drug-likeness (QED) is 0.890. The van der Waals surface area contributed by atoms with Crippen molar-refractivity contribution >= 4 is 17.5 Å². The van der Waals surface area contributed by atoms with Crippen molar-refractivity contribution in [1.82, 2.24) is 9.97 Å². The number of para-hydroxylation sites is 2. The van der Waals surface area contributed by atoms with Gasteiger partial charge in [-0.2, -0.15) is 0 Å². The van der Waals surface area contributed by atoms with Crippen molar-refractivity contribution in [1.29, 1.82) is 0 Å². The molecule has 1 N–H and O–H groups in total. The van der Waals surface area contributed by atoms with Crippen LogP contribution in [0.4, 0.5) is 11.6 Å². The molecule has 1 saturated heterocycles. The molecule has 0 saturated carbocycles. The van der Waals surface area contributed by atoms with Gasteiger partial charge in [0.05, 0.1) is 26.0 Å². The zero-order valence-corrected chi connectivity index (χ0v) is 15.5. The van der Waals surface area contributed by atoms with Gasteiger partial charge in [0, 0.05) is 30.9 Å². The second kappa shape index (κ2) is 7.92. The standard InChI is InChI=1S/C20H24N4O3/c1-26-18-5-3-2-4-17(18)22-19(25)14-6-7-16-15(12-14)13-21-20(23-16)24-8-10-27-11-9-24/h2-5,13-14H,6-12H2,1H3,(H,22,25)/t14-/m0/s1. The van der Waals surface area contributed by atoms with E-state index in [0.29, 0.717) is 31.1 Å². The van der Waals surface area contributed by atoms with Crippen LogP contribution in [0.25, 0.3) is 0 Å². The Labute approximate surface area is 158 Å². The summed E-state index contributed by atoms with van der Waals surface area (Å²) in [5.41, 5.74) is 2.83. The van der Waals surface area contributed by atoms with Crippen LogP contribution in [0.1, 0.15) is 17.7 Å². The van der Waals surface area contributed by atoms with Gasteiger partial charge in [-0.15, -0.1) is 0 Å². The molecule has 0 bridgehead atoms. The van der Waals surface area contributed by atoms with Crippen molar-refractivity contribution in [3.8, 4) is 5.75 Å². The second-order valence-corrected chi connectivity index (χ2v) is 6.87. The number of nitrogens with zero attached hydrogens (tertiary/aromatic N) is 3. The molecular formula is C20H24N4O3.